The first-order chi connectivity index (χ1) is 19.7. The van der Waals surface area contributed by atoms with Crippen molar-refractivity contribution < 1.29 is 14.3 Å². The number of rotatable bonds is 7. The van der Waals surface area contributed by atoms with Gasteiger partial charge in [-0.25, -0.2) is 14.4 Å². The number of β-amino-alcohol motifs (C(OH)–C–C–N with tert-alkyl or cyclic N) is 1. The van der Waals surface area contributed by atoms with E-state index in [4.69, 9.17) is 15.1 Å². The Morgan fingerprint density at radius 2 is 1.95 bits per heavy atom. The molecule has 4 aromatic rings. The molecular formula is C27H30FN9O2S2. The summed E-state index contributed by atoms with van der Waals surface area (Å²) < 4.78 is 15.3. The van der Waals surface area contributed by atoms with Crippen molar-refractivity contribution in [2.24, 2.45) is 0 Å². The van der Waals surface area contributed by atoms with E-state index in [1.807, 2.05) is 23.4 Å². The lowest BCUT2D eigenvalue weighted by atomic mass is 10.1. The predicted molar refractivity (Wildman–Crippen MR) is 156 cm³/mol. The van der Waals surface area contributed by atoms with Gasteiger partial charge in [-0.05, 0) is 37.6 Å². The topological polar surface area (TPSA) is 117 Å². The smallest absolute Gasteiger partial charge is 0.236 e. The number of halogens is 1. The Labute approximate surface area is 244 Å². The van der Waals surface area contributed by atoms with Gasteiger partial charge < -0.3 is 19.8 Å². The molecule has 1 atom stereocenters. The molecule has 11 nitrogen and oxygen atoms in total. The summed E-state index contributed by atoms with van der Waals surface area (Å²) in [6, 6.07) is 8.36. The standard InChI is InChI=1S/C27H30FN9O2S2/c1-4-20-24(33(3)25-31-23(21(11-29)40-25)17-5-7-18(28)8-6-17)37-26(30-20)41-27(32-37)36-10-9-34(12-16(36)2)15-22(39)35-13-19(38)14-35/h5-8,16,19,38H,4,9-10,12-15H2,1-3H3/t16-/m1/s1. The number of benzene rings is 1. The Morgan fingerprint density at radius 1 is 1.20 bits per heavy atom. The molecule has 5 heterocycles. The number of nitrogens with zero attached hydrogens (tertiary/aromatic N) is 9. The SMILES string of the molecule is CCc1nc2sc(N3CCN(CC(=O)N4CC(O)C4)C[C@H]3C)nn2c1N(C)c1nc(-c2ccc(F)cc2)c(C#N)s1. The number of carbonyl (C=O) groups excluding carboxylic acids is 1. The summed E-state index contributed by atoms with van der Waals surface area (Å²) in [5.74, 6) is 0.514. The molecule has 2 aliphatic heterocycles. The minimum Gasteiger partial charge on any atom is -0.389 e. The number of piperazine rings is 1. The Bertz CT molecular complexity index is 1620. The molecule has 1 amide bonds. The number of aromatic nitrogens is 4. The quantitative estimate of drug-likeness (QED) is 0.344. The second-order valence-electron chi connectivity index (χ2n) is 10.4. The molecule has 0 aliphatic carbocycles. The van der Waals surface area contributed by atoms with Gasteiger partial charge in [-0.15, -0.1) is 5.10 Å². The third kappa shape index (κ3) is 5.14. The summed E-state index contributed by atoms with van der Waals surface area (Å²) in [6.07, 6.45) is 0.306. The van der Waals surface area contributed by atoms with Crippen LogP contribution in [-0.4, -0.2) is 98.9 Å². The number of aliphatic hydroxyl groups excluding tert-OH is 1. The van der Waals surface area contributed by atoms with E-state index in [1.54, 1.807) is 17.0 Å². The van der Waals surface area contributed by atoms with Crippen molar-refractivity contribution in [2.45, 2.75) is 32.4 Å². The molecule has 3 aromatic heterocycles. The summed E-state index contributed by atoms with van der Waals surface area (Å²) in [5.41, 5.74) is 2.08. The highest BCUT2D eigenvalue weighted by Crippen LogP contribution is 2.38. The normalized spacial score (nSPS) is 18.1. The highest BCUT2D eigenvalue weighted by atomic mass is 32.1. The van der Waals surface area contributed by atoms with Crippen molar-refractivity contribution in [1.82, 2.24) is 29.4 Å². The molecule has 0 unspecified atom stereocenters. The lowest BCUT2D eigenvalue weighted by Gasteiger charge is -2.41. The maximum Gasteiger partial charge on any atom is 0.236 e. The second-order valence-corrected chi connectivity index (χ2v) is 12.3. The van der Waals surface area contributed by atoms with Crippen LogP contribution < -0.4 is 9.80 Å². The van der Waals surface area contributed by atoms with Crippen molar-refractivity contribution in [3.05, 3.63) is 40.7 Å². The van der Waals surface area contributed by atoms with Gasteiger partial charge in [0.2, 0.25) is 16.0 Å². The fraction of sp³-hybridized carbons (Fsp3) is 0.444. The molecule has 214 valence electrons. The number of hydrogen-bond acceptors (Lipinski definition) is 11. The summed E-state index contributed by atoms with van der Waals surface area (Å²) >= 11 is 2.80. The number of anilines is 3. The number of amides is 1. The number of aryl methyl sites for hydroxylation is 1. The molecular weight excluding hydrogens is 565 g/mol. The summed E-state index contributed by atoms with van der Waals surface area (Å²) in [4.78, 5) is 31.4. The van der Waals surface area contributed by atoms with Crippen LogP contribution in [0.3, 0.4) is 0 Å². The predicted octanol–water partition coefficient (Wildman–Crippen LogP) is 2.97. The van der Waals surface area contributed by atoms with Crippen LogP contribution in [0.5, 0.6) is 0 Å². The van der Waals surface area contributed by atoms with Crippen LogP contribution in [0, 0.1) is 17.1 Å². The number of nitriles is 1. The molecule has 0 spiro atoms. The second kappa shape index (κ2) is 11.0. The average Bonchev–Trinajstić information content (AvgIpc) is 3.64. The fourth-order valence-corrected chi connectivity index (χ4v) is 7.18. The summed E-state index contributed by atoms with van der Waals surface area (Å²) in [7, 11) is 1.89. The number of thiazole rings is 1. The van der Waals surface area contributed by atoms with Crippen LogP contribution in [0.2, 0.25) is 0 Å². The summed E-state index contributed by atoms with van der Waals surface area (Å²) in [6.45, 7) is 7.60. The van der Waals surface area contributed by atoms with Crippen molar-refractivity contribution in [3.63, 3.8) is 0 Å². The zero-order valence-corrected chi connectivity index (χ0v) is 24.6. The van der Waals surface area contributed by atoms with Gasteiger partial charge in [0.05, 0.1) is 18.3 Å². The highest BCUT2D eigenvalue weighted by molar-refractivity contribution is 7.20. The van der Waals surface area contributed by atoms with Gasteiger partial charge in [0, 0.05) is 51.4 Å². The molecule has 14 heteroatoms. The van der Waals surface area contributed by atoms with Crippen LogP contribution in [0.4, 0.5) is 20.5 Å². The molecule has 1 aromatic carbocycles. The van der Waals surface area contributed by atoms with Crippen LogP contribution in [0.15, 0.2) is 24.3 Å². The number of imidazole rings is 1. The molecule has 2 aliphatic rings. The van der Waals surface area contributed by atoms with Gasteiger partial charge >= 0.3 is 0 Å². The highest BCUT2D eigenvalue weighted by Gasteiger charge is 2.33. The Morgan fingerprint density at radius 3 is 2.61 bits per heavy atom. The van der Waals surface area contributed by atoms with E-state index in [-0.39, 0.29) is 17.8 Å². The van der Waals surface area contributed by atoms with Gasteiger partial charge in [-0.3, -0.25) is 9.69 Å². The summed E-state index contributed by atoms with van der Waals surface area (Å²) in [5, 5.41) is 25.7. The molecule has 0 saturated carbocycles. The number of aliphatic hydroxyl groups is 1. The molecule has 2 fully saturated rings. The van der Waals surface area contributed by atoms with E-state index in [2.05, 4.69) is 22.8 Å². The number of hydrogen-bond donors (Lipinski definition) is 1. The van der Waals surface area contributed by atoms with Gasteiger partial charge in [0.15, 0.2) is 10.9 Å². The maximum atomic E-state index is 13.5. The van der Waals surface area contributed by atoms with Gasteiger partial charge in [-0.2, -0.15) is 9.78 Å². The third-order valence-electron chi connectivity index (χ3n) is 7.54. The van der Waals surface area contributed by atoms with Crippen molar-refractivity contribution >= 4 is 49.6 Å². The van der Waals surface area contributed by atoms with Crippen LogP contribution in [0.25, 0.3) is 16.2 Å². The lowest BCUT2D eigenvalue weighted by Crippen LogP contribution is -2.58. The minimum atomic E-state index is -0.392. The maximum absolute atomic E-state index is 13.5. The Kier molecular flexibility index (Phi) is 7.37. The zero-order chi connectivity index (χ0) is 28.8. The van der Waals surface area contributed by atoms with Crippen LogP contribution in [-0.2, 0) is 11.2 Å². The molecule has 1 N–H and O–H groups in total. The Hall–Kier alpha value is -3.64. The van der Waals surface area contributed by atoms with E-state index < -0.39 is 6.10 Å². The van der Waals surface area contributed by atoms with Crippen molar-refractivity contribution in [1.29, 1.82) is 5.26 Å². The first-order valence-electron chi connectivity index (χ1n) is 13.5. The zero-order valence-electron chi connectivity index (χ0n) is 23.0. The van der Waals surface area contributed by atoms with E-state index >= 15 is 0 Å². The van der Waals surface area contributed by atoms with Crippen LogP contribution in [0.1, 0.15) is 24.4 Å². The first-order valence-corrected chi connectivity index (χ1v) is 15.1. The van der Waals surface area contributed by atoms with Crippen molar-refractivity contribution in [2.75, 3.05) is 56.1 Å². The van der Waals surface area contributed by atoms with Gasteiger partial charge in [0.25, 0.3) is 0 Å². The molecule has 0 radical (unpaired) electrons. The number of fused-ring (bicyclic) bond motifs is 1. The molecule has 41 heavy (non-hydrogen) atoms. The molecule has 2 saturated heterocycles. The van der Waals surface area contributed by atoms with E-state index in [0.29, 0.717) is 47.3 Å². The van der Waals surface area contributed by atoms with Gasteiger partial charge in [0.1, 0.15) is 22.5 Å². The third-order valence-corrected chi connectivity index (χ3v) is 9.53. The largest absolute Gasteiger partial charge is 0.389 e. The fourth-order valence-electron chi connectivity index (χ4n) is 5.29. The monoisotopic (exact) mass is 595 g/mol. The molecule has 0 bridgehead atoms. The number of carbonyl (C=O) groups is 1. The van der Waals surface area contributed by atoms with E-state index in [1.165, 1.54) is 34.8 Å². The minimum absolute atomic E-state index is 0.0627. The van der Waals surface area contributed by atoms with E-state index in [0.717, 1.165) is 41.2 Å². The van der Waals surface area contributed by atoms with Crippen LogP contribution >= 0.6 is 22.7 Å². The Balaban J connectivity index is 1.23. The van der Waals surface area contributed by atoms with Gasteiger partial charge in [-0.1, -0.05) is 29.6 Å². The average molecular weight is 596 g/mol. The number of likely N-dealkylation sites (tertiary alicyclic amines) is 1. The first kappa shape index (κ1) is 27.5. The molecule has 6 rings (SSSR count). The van der Waals surface area contributed by atoms with E-state index in [9.17, 15) is 19.6 Å². The van der Waals surface area contributed by atoms with Crippen molar-refractivity contribution in [3.8, 4) is 17.3 Å². The lowest BCUT2D eigenvalue weighted by molar-refractivity contribution is -0.142.